The number of anilines is 1. The number of nitrogens with zero attached hydrogens (tertiary/aromatic N) is 1. The van der Waals surface area contributed by atoms with Crippen molar-refractivity contribution in [2.45, 2.75) is 6.92 Å². The number of ether oxygens (including phenoxy) is 2. The fraction of sp³-hybridized carbons (Fsp3) is 0.438. The number of guanidine groups is 1. The summed E-state index contributed by atoms with van der Waals surface area (Å²) in [6.07, 6.45) is 1.90. The zero-order valence-electron chi connectivity index (χ0n) is 13.5. The number of methoxy groups -OCH3 is 2. The molecule has 5 nitrogen and oxygen atoms in total. The van der Waals surface area contributed by atoms with Crippen LogP contribution in [0.15, 0.2) is 35.8 Å². The smallest absolute Gasteiger partial charge is 0.195 e. The third-order valence-electron chi connectivity index (χ3n) is 2.73. The number of rotatable bonds is 9. The second-order valence-corrected chi connectivity index (χ2v) is 5.47. The Morgan fingerprint density at radius 3 is 2.73 bits per heavy atom. The molecule has 0 aliphatic carbocycles. The number of thioether (sulfide) groups is 1. The number of hydrogen-bond donors (Lipinski definition) is 2. The molecule has 6 heteroatoms. The lowest BCUT2D eigenvalue weighted by Gasteiger charge is -2.13. The minimum atomic E-state index is 0.685. The minimum Gasteiger partial charge on any atom is -0.493 e. The molecular weight excluding hydrogens is 298 g/mol. The summed E-state index contributed by atoms with van der Waals surface area (Å²) < 4.78 is 10.5. The molecule has 22 heavy (non-hydrogen) atoms. The van der Waals surface area contributed by atoms with Gasteiger partial charge in [0.1, 0.15) is 0 Å². The van der Waals surface area contributed by atoms with Gasteiger partial charge < -0.3 is 20.1 Å². The minimum absolute atomic E-state index is 0.685. The van der Waals surface area contributed by atoms with Crippen LogP contribution in [0.5, 0.6) is 11.5 Å². The molecule has 1 aromatic rings. The second kappa shape index (κ2) is 10.8. The van der Waals surface area contributed by atoms with Crippen LogP contribution in [-0.4, -0.2) is 44.8 Å². The number of benzene rings is 1. The molecule has 0 radical (unpaired) electrons. The van der Waals surface area contributed by atoms with Gasteiger partial charge in [-0.15, -0.1) is 6.58 Å². The van der Waals surface area contributed by atoms with E-state index in [4.69, 9.17) is 9.47 Å². The van der Waals surface area contributed by atoms with Crippen LogP contribution in [0.3, 0.4) is 0 Å². The average Bonchev–Trinajstić information content (AvgIpc) is 2.54. The number of hydrogen-bond acceptors (Lipinski definition) is 4. The maximum atomic E-state index is 5.31. The Morgan fingerprint density at radius 1 is 1.32 bits per heavy atom. The van der Waals surface area contributed by atoms with Crippen LogP contribution in [0.4, 0.5) is 5.69 Å². The highest BCUT2D eigenvalue weighted by atomic mass is 32.2. The van der Waals surface area contributed by atoms with Crippen LogP contribution in [0.2, 0.25) is 0 Å². The molecule has 122 valence electrons. The van der Waals surface area contributed by atoms with Gasteiger partial charge in [0.05, 0.1) is 20.8 Å². The zero-order valence-corrected chi connectivity index (χ0v) is 14.3. The van der Waals surface area contributed by atoms with Gasteiger partial charge in [-0.25, -0.2) is 0 Å². The Morgan fingerprint density at radius 2 is 2.09 bits per heavy atom. The highest BCUT2D eigenvalue weighted by Gasteiger charge is 2.06. The summed E-state index contributed by atoms with van der Waals surface area (Å²) in [6.45, 7) is 7.30. The third kappa shape index (κ3) is 6.30. The molecule has 0 heterocycles. The molecule has 0 aromatic heterocycles. The van der Waals surface area contributed by atoms with E-state index in [1.165, 1.54) is 0 Å². The van der Waals surface area contributed by atoms with Gasteiger partial charge in [0, 0.05) is 29.8 Å². The van der Waals surface area contributed by atoms with E-state index >= 15 is 0 Å². The highest BCUT2D eigenvalue weighted by Crippen LogP contribution is 2.29. The molecule has 0 atom stereocenters. The Hall–Kier alpha value is -1.82. The van der Waals surface area contributed by atoms with Gasteiger partial charge in [-0.1, -0.05) is 6.08 Å². The van der Waals surface area contributed by atoms with Crippen LogP contribution in [0, 0.1) is 0 Å². The Balaban J connectivity index is 2.69. The molecule has 0 unspecified atom stereocenters. The molecule has 2 N–H and O–H groups in total. The Labute approximate surface area is 137 Å². The summed E-state index contributed by atoms with van der Waals surface area (Å²) in [5.41, 5.74) is 0.899. The Kier molecular flexibility index (Phi) is 8.98. The zero-order chi connectivity index (χ0) is 16.2. The second-order valence-electron chi connectivity index (χ2n) is 4.32. The fourth-order valence-corrected chi connectivity index (χ4v) is 2.30. The van der Waals surface area contributed by atoms with Crippen LogP contribution in [0.25, 0.3) is 0 Å². The molecule has 1 rings (SSSR count). The highest BCUT2D eigenvalue weighted by molar-refractivity contribution is 7.99. The first-order valence-electron chi connectivity index (χ1n) is 7.21. The topological polar surface area (TPSA) is 54.9 Å². The van der Waals surface area contributed by atoms with E-state index in [0.29, 0.717) is 11.5 Å². The third-order valence-corrected chi connectivity index (χ3v) is 3.67. The molecule has 0 bridgehead atoms. The Bertz CT molecular complexity index is 492. The number of aliphatic imine (C=N–C) groups is 1. The van der Waals surface area contributed by atoms with Crippen molar-refractivity contribution in [1.82, 2.24) is 5.32 Å². The summed E-state index contributed by atoms with van der Waals surface area (Å²) in [7, 11) is 3.25. The lowest BCUT2D eigenvalue weighted by atomic mass is 10.3. The maximum Gasteiger partial charge on any atom is 0.195 e. The van der Waals surface area contributed by atoms with E-state index in [1.807, 2.05) is 43.0 Å². The molecule has 1 aromatic carbocycles. The molecule has 0 spiro atoms. The van der Waals surface area contributed by atoms with E-state index < -0.39 is 0 Å². The molecular formula is C16H25N3O2S. The van der Waals surface area contributed by atoms with Crippen molar-refractivity contribution in [2.75, 3.05) is 44.1 Å². The van der Waals surface area contributed by atoms with Gasteiger partial charge in [-0.3, -0.25) is 4.99 Å². The van der Waals surface area contributed by atoms with Crippen LogP contribution < -0.4 is 20.1 Å². The van der Waals surface area contributed by atoms with Crippen molar-refractivity contribution >= 4 is 23.4 Å². The molecule has 0 aliphatic rings. The normalized spacial score (nSPS) is 11.0. The van der Waals surface area contributed by atoms with E-state index in [9.17, 15) is 0 Å². The molecule has 0 aliphatic heterocycles. The first-order valence-corrected chi connectivity index (χ1v) is 8.36. The lowest BCUT2D eigenvalue weighted by Crippen LogP contribution is -2.30. The first-order chi connectivity index (χ1) is 10.7. The van der Waals surface area contributed by atoms with Crippen LogP contribution in [-0.2, 0) is 0 Å². The molecule has 0 saturated carbocycles. The van der Waals surface area contributed by atoms with Gasteiger partial charge in [-0.2, -0.15) is 11.8 Å². The van der Waals surface area contributed by atoms with Gasteiger partial charge in [0.25, 0.3) is 0 Å². The largest absolute Gasteiger partial charge is 0.493 e. The summed E-state index contributed by atoms with van der Waals surface area (Å²) in [5, 5.41) is 6.50. The van der Waals surface area contributed by atoms with E-state index in [0.717, 1.165) is 36.2 Å². The van der Waals surface area contributed by atoms with Crippen molar-refractivity contribution < 1.29 is 9.47 Å². The van der Waals surface area contributed by atoms with Crippen LogP contribution in [0.1, 0.15) is 6.92 Å². The number of nitrogens with one attached hydrogen (secondary N) is 2. The predicted molar refractivity (Wildman–Crippen MR) is 96.7 cm³/mol. The fourth-order valence-electron chi connectivity index (χ4n) is 1.75. The van der Waals surface area contributed by atoms with Gasteiger partial charge in [0.2, 0.25) is 0 Å². The molecule has 0 fully saturated rings. The van der Waals surface area contributed by atoms with E-state index in [2.05, 4.69) is 22.2 Å². The SMILES string of the molecule is C=CCSCCN=C(NCC)Nc1ccc(OC)c(OC)c1. The predicted octanol–water partition coefficient (Wildman–Crippen LogP) is 3.00. The van der Waals surface area contributed by atoms with E-state index in [-0.39, 0.29) is 0 Å². The van der Waals surface area contributed by atoms with Crippen molar-refractivity contribution in [2.24, 2.45) is 4.99 Å². The van der Waals surface area contributed by atoms with Crippen molar-refractivity contribution in [1.29, 1.82) is 0 Å². The first kappa shape index (κ1) is 18.2. The van der Waals surface area contributed by atoms with Crippen molar-refractivity contribution in [3.05, 3.63) is 30.9 Å². The summed E-state index contributed by atoms with van der Waals surface area (Å²) in [6, 6.07) is 5.68. The quantitative estimate of drug-likeness (QED) is 0.317. The van der Waals surface area contributed by atoms with Gasteiger partial charge >= 0.3 is 0 Å². The monoisotopic (exact) mass is 323 g/mol. The molecule has 0 amide bonds. The van der Waals surface area contributed by atoms with E-state index in [1.54, 1.807) is 14.2 Å². The standard InChI is InChI=1S/C16H25N3O2S/c1-5-10-22-11-9-18-16(17-6-2)19-13-7-8-14(20-3)15(12-13)21-4/h5,7-8,12H,1,6,9-11H2,2-4H3,(H2,17,18,19). The van der Waals surface area contributed by atoms with Gasteiger partial charge in [-0.05, 0) is 19.1 Å². The summed E-state index contributed by atoms with van der Waals surface area (Å²) >= 11 is 1.81. The van der Waals surface area contributed by atoms with Crippen molar-refractivity contribution in [3.8, 4) is 11.5 Å². The van der Waals surface area contributed by atoms with Crippen molar-refractivity contribution in [3.63, 3.8) is 0 Å². The molecule has 0 saturated heterocycles. The summed E-state index contributed by atoms with van der Waals surface area (Å²) in [4.78, 5) is 4.55. The maximum absolute atomic E-state index is 5.31. The van der Waals surface area contributed by atoms with Crippen LogP contribution >= 0.6 is 11.8 Å². The summed E-state index contributed by atoms with van der Waals surface area (Å²) in [5.74, 6) is 4.07. The average molecular weight is 323 g/mol. The lowest BCUT2D eigenvalue weighted by molar-refractivity contribution is 0.355. The van der Waals surface area contributed by atoms with Gasteiger partial charge in [0.15, 0.2) is 17.5 Å².